The summed E-state index contributed by atoms with van der Waals surface area (Å²) < 4.78 is 25.7. The Morgan fingerprint density at radius 2 is 1.61 bits per heavy atom. The van der Waals surface area contributed by atoms with Crippen LogP contribution < -0.4 is 14.8 Å². The molecule has 2 aromatic carbocycles. The van der Waals surface area contributed by atoms with Gasteiger partial charge in [-0.15, -0.1) is 0 Å². The molecule has 0 saturated carbocycles. The number of benzene rings is 2. The van der Waals surface area contributed by atoms with Gasteiger partial charge in [0.2, 0.25) is 0 Å². The monoisotopic (exact) mass is 383 g/mol. The molecular formula is C23H26FNO3. The van der Waals surface area contributed by atoms with Gasteiger partial charge < -0.3 is 14.8 Å². The fourth-order valence-electron chi connectivity index (χ4n) is 2.86. The van der Waals surface area contributed by atoms with Crippen LogP contribution in [0.4, 0.5) is 10.1 Å². The maximum Gasteiger partial charge on any atom is 0.256 e. The molecule has 3 rings (SSSR count). The number of hydrogen-bond acceptors (Lipinski definition) is 3. The van der Waals surface area contributed by atoms with Crippen molar-refractivity contribution in [3.8, 4) is 11.5 Å². The summed E-state index contributed by atoms with van der Waals surface area (Å²) in [7, 11) is 0. The molecule has 2 aromatic rings. The van der Waals surface area contributed by atoms with Crippen molar-refractivity contribution in [2.24, 2.45) is 11.8 Å². The first-order chi connectivity index (χ1) is 13.3. The van der Waals surface area contributed by atoms with Crippen LogP contribution >= 0.6 is 0 Å². The van der Waals surface area contributed by atoms with E-state index in [2.05, 4.69) is 33.0 Å². The van der Waals surface area contributed by atoms with Gasteiger partial charge in [0.1, 0.15) is 17.3 Å². The Labute approximate surface area is 165 Å². The molecule has 0 unspecified atom stereocenters. The Morgan fingerprint density at radius 1 is 1.00 bits per heavy atom. The minimum atomic E-state index is -0.441. The van der Waals surface area contributed by atoms with Gasteiger partial charge >= 0.3 is 0 Å². The van der Waals surface area contributed by atoms with E-state index in [9.17, 15) is 9.18 Å². The minimum Gasteiger partial charge on any atom is -0.493 e. The zero-order valence-electron chi connectivity index (χ0n) is 16.7. The molecule has 0 aliphatic carbocycles. The van der Waals surface area contributed by atoms with E-state index >= 15 is 0 Å². The molecular weight excluding hydrogens is 357 g/mol. The number of carbonyl (C=O) groups excluding carboxylic acids is 1. The maximum atomic E-state index is 14.0. The number of nitrogens with one attached hydrogen (secondary N) is 1. The molecule has 1 N–H and O–H groups in total. The van der Waals surface area contributed by atoms with Gasteiger partial charge in [-0.05, 0) is 41.7 Å². The van der Waals surface area contributed by atoms with Crippen LogP contribution in [0.2, 0.25) is 0 Å². The number of ether oxygens (including phenoxy) is 2. The van der Waals surface area contributed by atoms with Crippen molar-refractivity contribution in [1.82, 2.24) is 0 Å². The smallest absolute Gasteiger partial charge is 0.256 e. The quantitative estimate of drug-likeness (QED) is 0.652. The third-order valence-electron chi connectivity index (χ3n) is 4.17. The van der Waals surface area contributed by atoms with Gasteiger partial charge in [-0.1, -0.05) is 39.8 Å². The Balaban J connectivity index is 1.97. The number of rotatable bonds is 7. The first-order valence-corrected chi connectivity index (χ1v) is 9.56. The van der Waals surface area contributed by atoms with Crippen molar-refractivity contribution in [2.45, 2.75) is 27.7 Å². The molecule has 0 saturated heterocycles. The Hall–Kier alpha value is -2.82. The molecule has 0 aromatic heterocycles. The summed E-state index contributed by atoms with van der Waals surface area (Å²) >= 11 is 0. The second-order valence-electron chi connectivity index (χ2n) is 7.82. The Kier molecular flexibility index (Phi) is 6.02. The number of amides is 1. The first-order valence-electron chi connectivity index (χ1n) is 9.56. The molecule has 1 heterocycles. The van der Waals surface area contributed by atoms with Gasteiger partial charge in [0.15, 0.2) is 0 Å². The average Bonchev–Trinajstić information content (AvgIpc) is 2.95. The van der Waals surface area contributed by atoms with Crippen LogP contribution in [0.1, 0.15) is 38.8 Å². The van der Waals surface area contributed by atoms with E-state index in [4.69, 9.17) is 9.47 Å². The lowest BCUT2D eigenvalue weighted by Crippen LogP contribution is -2.07. The summed E-state index contributed by atoms with van der Waals surface area (Å²) in [6, 6.07) is 10.2. The second-order valence-corrected chi connectivity index (χ2v) is 7.82. The van der Waals surface area contributed by atoms with E-state index < -0.39 is 5.82 Å². The summed E-state index contributed by atoms with van der Waals surface area (Å²) in [4.78, 5) is 12.4. The second kappa shape index (κ2) is 8.46. The molecule has 0 spiro atoms. The zero-order valence-corrected chi connectivity index (χ0v) is 16.7. The maximum absolute atomic E-state index is 14.0. The van der Waals surface area contributed by atoms with Gasteiger partial charge in [0.05, 0.1) is 18.9 Å². The Morgan fingerprint density at radius 3 is 2.18 bits per heavy atom. The molecule has 1 amide bonds. The van der Waals surface area contributed by atoms with Crippen molar-refractivity contribution in [2.75, 3.05) is 18.5 Å². The van der Waals surface area contributed by atoms with E-state index in [1.54, 1.807) is 18.2 Å². The van der Waals surface area contributed by atoms with Crippen LogP contribution in [0.25, 0.3) is 11.6 Å². The number of anilines is 1. The van der Waals surface area contributed by atoms with Crippen LogP contribution in [0.15, 0.2) is 36.4 Å². The van der Waals surface area contributed by atoms with Crippen LogP contribution in [0.5, 0.6) is 11.5 Å². The summed E-state index contributed by atoms with van der Waals surface area (Å²) in [5.41, 5.74) is 1.97. The predicted molar refractivity (Wildman–Crippen MR) is 110 cm³/mol. The van der Waals surface area contributed by atoms with Crippen molar-refractivity contribution in [1.29, 1.82) is 0 Å². The highest BCUT2D eigenvalue weighted by molar-refractivity contribution is 6.35. The molecule has 0 radical (unpaired) electrons. The molecule has 0 fully saturated rings. The third kappa shape index (κ3) is 4.71. The standard InChI is InChI=1S/C23H26FNO3/c1-14(2)12-27-17-8-16(9-18(11-17)28-13-15(3)4)10-20-19-6-5-7-21(24)22(19)25-23(20)26/h5-11,14-15H,12-13H2,1-4H3,(H,25,26)/b20-10-. The normalized spacial score (nSPS) is 14.5. The number of hydrogen-bond donors (Lipinski definition) is 1. The third-order valence-corrected chi connectivity index (χ3v) is 4.17. The highest BCUT2D eigenvalue weighted by Gasteiger charge is 2.26. The summed E-state index contributed by atoms with van der Waals surface area (Å²) in [6.07, 6.45) is 1.74. The molecule has 28 heavy (non-hydrogen) atoms. The minimum absolute atomic E-state index is 0.224. The van der Waals surface area contributed by atoms with E-state index in [1.165, 1.54) is 6.07 Å². The van der Waals surface area contributed by atoms with Crippen LogP contribution in [-0.4, -0.2) is 19.1 Å². The van der Waals surface area contributed by atoms with Crippen LogP contribution in [0, 0.1) is 17.7 Å². The van der Waals surface area contributed by atoms with E-state index in [1.807, 2.05) is 18.2 Å². The van der Waals surface area contributed by atoms with E-state index in [-0.39, 0.29) is 11.6 Å². The van der Waals surface area contributed by atoms with Gasteiger partial charge in [-0.3, -0.25) is 4.79 Å². The SMILES string of the molecule is CC(C)COc1cc(/C=C2\C(=O)Nc3c(F)cccc32)cc(OCC(C)C)c1. The number of fused-ring (bicyclic) bond motifs is 1. The molecule has 0 atom stereocenters. The number of carbonyl (C=O) groups is 1. The zero-order chi connectivity index (χ0) is 20.3. The molecule has 1 aliphatic rings. The highest BCUT2D eigenvalue weighted by Crippen LogP contribution is 2.36. The topological polar surface area (TPSA) is 47.6 Å². The lowest BCUT2D eigenvalue weighted by atomic mass is 10.0. The van der Waals surface area contributed by atoms with Crippen LogP contribution in [0.3, 0.4) is 0 Å². The molecule has 1 aliphatic heterocycles. The fraction of sp³-hybridized carbons (Fsp3) is 0.348. The van der Waals surface area contributed by atoms with Crippen molar-refractivity contribution in [3.05, 3.63) is 53.3 Å². The molecule has 0 bridgehead atoms. The van der Waals surface area contributed by atoms with E-state index in [0.717, 1.165) is 5.56 Å². The predicted octanol–water partition coefficient (Wildman–Crippen LogP) is 5.39. The van der Waals surface area contributed by atoms with Gasteiger partial charge in [0.25, 0.3) is 5.91 Å². The van der Waals surface area contributed by atoms with Crippen molar-refractivity contribution < 1.29 is 18.7 Å². The van der Waals surface area contributed by atoms with Gasteiger partial charge in [-0.2, -0.15) is 0 Å². The largest absolute Gasteiger partial charge is 0.493 e. The Bertz CT molecular complexity index is 872. The number of para-hydroxylation sites is 1. The fourth-order valence-corrected chi connectivity index (χ4v) is 2.86. The van der Waals surface area contributed by atoms with Crippen LogP contribution in [-0.2, 0) is 4.79 Å². The van der Waals surface area contributed by atoms with Gasteiger partial charge in [0, 0.05) is 17.2 Å². The summed E-state index contributed by atoms with van der Waals surface area (Å²) in [6.45, 7) is 9.48. The van der Waals surface area contributed by atoms with Crippen molar-refractivity contribution >= 4 is 23.2 Å². The molecule has 148 valence electrons. The summed E-state index contributed by atoms with van der Waals surface area (Å²) in [5.74, 6) is 1.37. The number of halogens is 1. The first kappa shape index (κ1) is 19.9. The molecule has 5 heteroatoms. The lowest BCUT2D eigenvalue weighted by Gasteiger charge is -2.14. The van der Waals surface area contributed by atoms with E-state index in [0.29, 0.717) is 47.7 Å². The van der Waals surface area contributed by atoms with Gasteiger partial charge in [-0.25, -0.2) is 4.39 Å². The summed E-state index contributed by atoms with van der Waals surface area (Å²) in [5, 5.41) is 2.60. The van der Waals surface area contributed by atoms with Crippen molar-refractivity contribution in [3.63, 3.8) is 0 Å². The average molecular weight is 383 g/mol. The lowest BCUT2D eigenvalue weighted by molar-refractivity contribution is -0.110. The molecule has 4 nitrogen and oxygen atoms in total. The highest BCUT2D eigenvalue weighted by atomic mass is 19.1.